The third-order valence-electron chi connectivity index (χ3n) is 3.62. The van der Waals surface area contributed by atoms with Crippen molar-refractivity contribution in [2.75, 3.05) is 24.5 Å². The van der Waals surface area contributed by atoms with Crippen molar-refractivity contribution in [3.05, 3.63) is 29.8 Å². The molecular weight excluding hydrogens is 252 g/mol. The lowest BCUT2D eigenvalue weighted by atomic mass is 10.1. The smallest absolute Gasteiger partial charge is 0.227 e. The van der Waals surface area contributed by atoms with Gasteiger partial charge < -0.3 is 15.3 Å². The number of hydrogen-bond donors (Lipinski definition) is 2. The van der Waals surface area contributed by atoms with Gasteiger partial charge in [-0.2, -0.15) is 0 Å². The zero-order chi connectivity index (χ0) is 14.4. The number of aryl methyl sites for hydroxylation is 1. The molecule has 4 nitrogen and oxygen atoms in total. The van der Waals surface area contributed by atoms with Crippen LogP contribution in [0.15, 0.2) is 24.3 Å². The van der Waals surface area contributed by atoms with E-state index in [1.165, 1.54) is 5.56 Å². The summed E-state index contributed by atoms with van der Waals surface area (Å²) in [5, 5.41) is 13.3. The predicted octanol–water partition coefficient (Wildman–Crippen LogP) is 1.72. The van der Waals surface area contributed by atoms with Gasteiger partial charge in [-0.1, -0.05) is 25.1 Å². The monoisotopic (exact) mass is 276 g/mol. The third kappa shape index (κ3) is 3.81. The van der Waals surface area contributed by atoms with Crippen molar-refractivity contribution in [2.24, 2.45) is 0 Å². The Kier molecular flexibility index (Phi) is 5.56. The van der Waals surface area contributed by atoms with E-state index in [-0.39, 0.29) is 5.91 Å². The number of amides is 1. The average molecular weight is 276 g/mol. The van der Waals surface area contributed by atoms with Gasteiger partial charge in [0, 0.05) is 18.7 Å². The highest BCUT2D eigenvalue weighted by molar-refractivity contribution is 5.94. The molecule has 0 aliphatic carbocycles. The standard InChI is InChI=1S/C16H24N2O2/c1-2-10-17-11-14(19)12-18-15-8-4-3-6-13(15)7-5-9-16(18)20/h3-4,6,8,14,17,19H,2,5,7,9-12H2,1H3. The molecule has 0 spiro atoms. The van der Waals surface area contributed by atoms with E-state index in [0.29, 0.717) is 19.5 Å². The first-order chi connectivity index (χ1) is 9.72. The van der Waals surface area contributed by atoms with Crippen LogP contribution in [-0.2, 0) is 11.2 Å². The molecule has 1 aromatic rings. The summed E-state index contributed by atoms with van der Waals surface area (Å²) in [6.45, 7) is 3.88. The number of para-hydroxylation sites is 1. The third-order valence-corrected chi connectivity index (χ3v) is 3.62. The average Bonchev–Trinajstić information content (AvgIpc) is 2.60. The normalized spacial score (nSPS) is 16.7. The predicted molar refractivity (Wildman–Crippen MR) is 80.9 cm³/mol. The van der Waals surface area contributed by atoms with Crippen LogP contribution in [0.1, 0.15) is 31.7 Å². The lowest BCUT2D eigenvalue weighted by Crippen LogP contribution is -2.41. The van der Waals surface area contributed by atoms with Crippen LogP contribution in [0.25, 0.3) is 0 Å². The fraction of sp³-hybridized carbons (Fsp3) is 0.562. The lowest BCUT2D eigenvalue weighted by Gasteiger charge is -2.25. The molecule has 0 radical (unpaired) electrons. The van der Waals surface area contributed by atoms with Gasteiger partial charge in [0.15, 0.2) is 0 Å². The summed E-state index contributed by atoms with van der Waals surface area (Å²) >= 11 is 0. The number of aliphatic hydroxyl groups is 1. The Bertz CT molecular complexity index is 448. The maximum Gasteiger partial charge on any atom is 0.227 e. The number of nitrogens with one attached hydrogen (secondary N) is 1. The summed E-state index contributed by atoms with van der Waals surface area (Å²) in [6, 6.07) is 8.01. The minimum Gasteiger partial charge on any atom is -0.390 e. The molecule has 20 heavy (non-hydrogen) atoms. The van der Waals surface area contributed by atoms with Crippen LogP contribution in [0.3, 0.4) is 0 Å². The summed E-state index contributed by atoms with van der Waals surface area (Å²) < 4.78 is 0. The number of anilines is 1. The summed E-state index contributed by atoms with van der Waals surface area (Å²) in [5.74, 6) is 0.115. The van der Waals surface area contributed by atoms with E-state index in [1.807, 2.05) is 18.2 Å². The van der Waals surface area contributed by atoms with Crippen LogP contribution in [0.4, 0.5) is 5.69 Å². The van der Waals surface area contributed by atoms with Gasteiger partial charge in [-0.15, -0.1) is 0 Å². The van der Waals surface area contributed by atoms with Crippen LogP contribution in [0, 0.1) is 0 Å². The SMILES string of the molecule is CCCNCC(O)CN1C(=O)CCCc2ccccc21. The van der Waals surface area contributed by atoms with E-state index in [1.54, 1.807) is 4.90 Å². The number of β-amino-alcohol motifs (C(OH)–C–C–N with tert-alkyl or cyclic N) is 1. The number of fused-ring (bicyclic) bond motifs is 1. The van der Waals surface area contributed by atoms with Gasteiger partial charge in [-0.25, -0.2) is 0 Å². The molecule has 1 unspecified atom stereocenters. The molecular formula is C16H24N2O2. The van der Waals surface area contributed by atoms with Crippen molar-refractivity contribution in [3.8, 4) is 0 Å². The minimum atomic E-state index is -0.531. The van der Waals surface area contributed by atoms with Crippen molar-refractivity contribution in [3.63, 3.8) is 0 Å². The molecule has 1 amide bonds. The van der Waals surface area contributed by atoms with Crippen molar-refractivity contribution >= 4 is 11.6 Å². The maximum absolute atomic E-state index is 12.2. The number of rotatable bonds is 6. The molecule has 4 heteroatoms. The molecule has 0 bridgehead atoms. The second kappa shape index (κ2) is 7.41. The molecule has 0 saturated heterocycles. The number of benzene rings is 1. The molecule has 1 heterocycles. The van der Waals surface area contributed by atoms with E-state index in [2.05, 4.69) is 18.3 Å². The molecule has 1 aliphatic rings. The Hall–Kier alpha value is -1.39. The van der Waals surface area contributed by atoms with Gasteiger partial charge in [0.25, 0.3) is 0 Å². The summed E-state index contributed by atoms with van der Waals surface area (Å²) in [4.78, 5) is 14.0. The molecule has 1 aromatic carbocycles. The number of carbonyl (C=O) groups is 1. The highest BCUT2D eigenvalue weighted by Crippen LogP contribution is 2.26. The highest BCUT2D eigenvalue weighted by atomic mass is 16.3. The number of carbonyl (C=O) groups excluding carboxylic acids is 1. The molecule has 110 valence electrons. The lowest BCUT2D eigenvalue weighted by molar-refractivity contribution is -0.118. The van der Waals surface area contributed by atoms with E-state index in [9.17, 15) is 9.90 Å². The quantitative estimate of drug-likeness (QED) is 0.778. The van der Waals surface area contributed by atoms with E-state index in [4.69, 9.17) is 0 Å². The fourth-order valence-electron chi connectivity index (χ4n) is 2.61. The minimum absolute atomic E-state index is 0.115. The van der Waals surface area contributed by atoms with E-state index >= 15 is 0 Å². The molecule has 1 aliphatic heterocycles. The number of hydrogen-bond acceptors (Lipinski definition) is 3. The maximum atomic E-state index is 12.2. The zero-order valence-electron chi connectivity index (χ0n) is 12.1. The largest absolute Gasteiger partial charge is 0.390 e. The molecule has 2 N–H and O–H groups in total. The first kappa shape index (κ1) is 15.0. The number of aliphatic hydroxyl groups excluding tert-OH is 1. The summed E-state index contributed by atoms with van der Waals surface area (Å²) in [7, 11) is 0. The van der Waals surface area contributed by atoms with Crippen LogP contribution >= 0.6 is 0 Å². The van der Waals surface area contributed by atoms with E-state index in [0.717, 1.165) is 31.5 Å². The second-order valence-corrected chi connectivity index (χ2v) is 5.34. The Morgan fingerprint density at radius 2 is 2.15 bits per heavy atom. The van der Waals surface area contributed by atoms with Gasteiger partial charge in [0.1, 0.15) is 0 Å². The Labute approximate surface area is 120 Å². The van der Waals surface area contributed by atoms with Crippen LogP contribution < -0.4 is 10.2 Å². The molecule has 2 rings (SSSR count). The van der Waals surface area contributed by atoms with Crippen molar-refractivity contribution in [1.29, 1.82) is 0 Å². The van der Waals surface area contributed by atoms with Gasteiger partial charge >= 0.3 is 0 Å². The zero-order valence-corrected chi connectivity index (χ0v) is 12.1. The fourth-order valence-corrected chi connectivity index (χ4v) is 2.61. The molecule has 1 atom stereocenters. The number of nitrogens with zero attached hydrogens (tertiary/aromatic N) is 1. The van der Waals surface area contributed by atoms with E-state index < -0.39 is 6.10 Å². The van der Waals surface area contributed by atoms with Gasteiger partial charge in [-0.05, 0) is 37.4 Å². The molecule has 0 aromatic heterocycles. The highest BCUT2D eigenvalue weighted by Gasteiger charge is 2.23. The molecule has 0 fully saturated rings. The summed E-state index contributed by atoms with van der Waals surface area (Å²) in [5.41, 5.74) is 2.16. The Morgan fingerprint density at radius 3 is 2.95 bits per heavy atom. The van der Waals surface area contributed by atoms with Crippen molar-refractivity contribution in [2.45, 2.75) is 38.7 Å². The second-order valence-electron chi connectivity index (χ2n) is 5.34. The summed E-state index contributed by atoms with van der Waals surface area (Å²) in [6.07, 6.45) is 2.89. The topological polar surface area (TPSA) is 52.6 Å². The first-order valence-electron chi connectivity index (χ1n) is 7.49. The van der Waals surface area contributed by atoms with Crippen LogP contribution in [0.2, 0.25) is 0 Å². The van der Waals surface area contributed by atoms with Crippen molar-refractivity contribution < 1.29 is 9.90 Å². The first-order valence-corrected chi connectivity index (χ1v) is 7.49. The Morgan fingerprint density at radius 1 is 1.35 bits per heavy atom. The van der Waals surface area contributed by atoms with Crippen molar-refractivity contribution in [1.82, 2.24) is 5.32 Å². The van der Waals surface area contributed by atoms with Gasteiger partial charge in [0.2, 0.25) is 5.91 Å². The van der Waals surface area contributed by atoms with Gasteiger partial charge in [-0.3, -0.25) is 4.79 Å². The van der Waals surface area contributed by atoms with Gasteiger partial charge in [0.05, 0.1) is 12.6 Å². The Balaban J connectivity index is 2.06. The molecule has 0 saturated carbocycles. The van der Waals surface area contributed by atoms with Crippen LogP contribution in [0.5, 0.6) is 0 Å². The van der Waals surface area contributed by atoms with Crippen LogP contribution in [-0.4, -0.2) is 36.8 Å².